The maximum absolute atomic E-state index is 5.42. The lowest BCUT2D eigenvalue weighted by atomic mass is 10.1. The van der Waals surface area contributed by atoms with Gasteiger partial charge in [0.25, 0.3) is 0 Å². The minimum absolute atomic E-state index is 0.489. The molecule has 0 aliphatic heterocycles. The van der Waals surface area contributed by atoms with E-state index in [1.54, 1.807) is 7.05 Å². The molecule has 0 atom stereocenters. The zero-order valence-corrected chi connectivity index (χ0v) is 6.96. The summed E-state index contributed by atoms with van der Waals surface area (Å²) in [5.41, 5.74) is 1.16. The molecule has 0 aromatic heterocycles. The van der Waals surface area contributed by atoms with Crippen LogP contribution in [0.3, 0.4) is 0 Å². The SMILES string of the molecule is C=C/C(=C\N(C)N)C(C)C. The number of hydrogen-bond acceptors (Lipinski definition) is 2. The Morgan fingerprint density at radius 2 is 2.10 bits per heavy atom. The minimum atomic E-state index is 0.489. The zero-order chi connectivity index (χ0) is 8.15. The number of hydrogen-bond donors (Lipinski definition) is 1. The summed E-state index contributed by atoms with van der Waals surface area (Å²) in [6.45, 7) is 7.90. The van der Waals surface area contributed by atoms with Gasteiger partial charge in [-0.15, -0.1) is 0 Å². The van der Waals surface area contributed by atoms with Crippen molar-refractivity contribution in [3.63, 3.8) is 0 Å². The lowest BCUT2D eigenvalue weighted by Gasteiger charge is -2.10. The van der Waals surface area contributed by atoms with Crippen LogP contribution < -0.4 is 5.84 Å². The Morgan fingerprint density at radius 1 is 1.60 bits per heavy atom. The van der Waals surface area contributed by atoms with Gasteiger partial charge in [-0.05, 0) is 11.5 Å². The highest BCUT2D eigenvalue weighted by Gasteiger charge is 1.97. The largest absolute Gasteiger partial charge is 0.321 e. The molecule has 0 fully saturated rings. The molecular formula is C8H16N2. The van der Waals surface area contributed by atoms with Gasteiger partial charge in [0.1, 0.15) is 0 Å². The van der Waals surface area contributed by atoms with E-state index in [1.165, 1.54) is 5.01 Å². The van der Waals surface area contributed by atoms with Crippen molar-refractivity contribution in [2.45, 2.75) is 13.8 Å². The summed E-state index contributed by atoms with van der Waals surface area (Å²) in [6, 6.07) is 0. The number of allylic oxidation sites excluding steroid dienone is 2. The molecule has 2 N–H and O–H groups in total. The predicted molar refractivity (Wildman–Crippen MR) is 45.1 cm³/mol. The van der Waals surface area contributed by atoms with Gasteiger partial charge in [0, 0.05) is 13.2 Å². The Hall–Kier alpha value is -0.760. The van der Waals surface area contributed by atoms with Gasteiger partial charge < -0.3 is 5.01 Å². The van der Waals surface area contributed by atoms with E-state index in [9.17, 15) is 0 Å². The van der Waals surface area contributed by atoms with Gasteiger partial charge in [0.05, 0.1) is 0 Å². The molecule has 2 heteroatoms. The van der Waals surface area contributed by atoms with Crippen LogP contribution in [-0.2, 0) is 0 Å². The Morgan fingerprint density at radius 3 is 2.20 bits per heavy atom. The summed E-state index contributed by atoms with van der Waals surface area (Å²) in [7, 11) is 1.80. The van der Waals surface area contributed by atoms with Crippen LogP contribution in [0.4, 0.5) is 0 Å². The molecule has 0 saturated carbocycles. The first kappa shape index (κ1) is 9.24. The van der Waals surface area contributed by atoms with Crippen molar-refractivity contribution in [3.8, 4) is 0 Å². The fraction of sp³-hybridized carbons (Fsp3) is 0.500. The Labute approximate surface area is 63.0 Å². The van der Waals surface area contributed by atoms with E-state index < -0.39 is 0 Å². The third-order valence-electron chi connectivity index (χ3n) is 1.26. The summed E-state index contributed by atoms with van der Waals surface area (Å²) >= 11 is 0. The Balaban J connectivity index is 4.18. The van der Waals surface area contributed by atoms with Gasteiger partial charge in [-0.3, -0.25) is 0 Å². The second-order valence-electron chi connectivity index (χ2n) is 2.65. The fourth-order valence-electron chi connectivity index (χ4n) is 0.673. The summed E-state index contributed by atoms with van der Waals surface area (Å²) < 4.78 is 0. The van der Waals surface area contributed by atoms with E-state index in [4.69, 9.17) is 5.84 Å². The zero-order valence-electron chi connectivity index (χ0n) is 6.96. The normalized spacial score (nSPS) is 11.9. The molecule has 0 saturated heterocycles. The lowest BCUT2D eigenvalue weighted by Crippen LogP contribution is -2.19. The van der Waals surface area contributed by atoms with Gasteiger partial charge >= 0.3 is 0 Å². The lowest BCUT2D eigenvalue weighted by molar-refractivity contribution is 0.476. The molecule has 0 bridgehead atoms. The summed E-state index contributed by atoms with van der Waals surface area (Å²) in [4.78, 5) is 0. The first-order chi connectivity index (χ1) is 4.57. The van der Waals surface area contributed by atoms with Crippen molar-refractivity contribution >= 4 is 0 Å². The highest BCUT2D eigenvalue weighted by atomic mass is 15.4. The van der Waals surface area contributed by atoms with Crippen molar-refractivity contribution in [1.82, 2.24) is 5.01 Å². The Kier molecular flexibility index (Phi) is 3.81. The highest BCUT2D eigenvalue weighted by Crippen LogP contribution is 2.09. The molecule has 0 amide bonds. The quantitative estimate of drug-likeness (QED) is 0.366. The van der Waals surface area contributed by atoms with Crippen LogP contribution in [0.25, 0.3) is 0 Å². The smallest absolute Gasteiger partial charge is 0.0223 e. The molecule has 0 heterocycles. The van der Waals surface area contributed by atoms with Crippen molar-refractivity contribution in [3.05, 3.63) is 24.4 Å². The highest BCUT2D eigenvalue weighted by molar-refractivity contribution is 5.16. The van der Waals surface area contributed by atoms with Crippen LogP contribution in [0.5, 0.6) is 0 Å². The molecule has 0 aromatic carbocycles. The first-order valence-electron chi connectivity index (χ1n) is 3.39. The molecule has 10 heavy (non-hydrogen) atoms. The van der Waals surface area contributed by atoms with E-state index >= 15 is 0 Å². The number of nitrogens with two attached hydrogens (primary N) is 1. The van der Waals surface area contributed by atoms with Crippen molar-refractivity contribution < 1.29 is 0 Å². The van der Waals surface area contributed by atoms with Crippen LogP contribution in [0.15, 0.2) is 24.4 Å². The number of hydrazine groups is 1. The minimum Gasteiger partial charge on any atom is -0.321 e. The van der Waals surface area contributed by atoms with Gasteiger partial charge in [0.2, 0.25) is 0 Å². The Bertz CT molecular complexity index is 134. The van der Waals surface area contributed by atoms with Crippen molar-refractivity contribution in [2.24, 2.45) is 11.8 Å². The molecule has 0 spiro atoms. The third-order valence-corrected chi connectivity index (χ3v) is 1.26. The molecule has 0 aromatic rings. The molecule has 0 aliphatic carbocycles. The second-order valence-corrected chi connectivity index (χ2v) is 2.65. The summed E-state index contributed by atoms with van der Waals surface area (Å²) in [5.74, 6) is 5.91. The van der Waals surface area contributed by atoms with Gasteiger partial charge in [0.15, 0.2) is 0 Å². The second kappa shape index (κ2) is 4.12. The maximum atomic E-state index is 5.42. The van der Waals surface area contributed by atoms with Gasteiger partial charge in [-0.1, -0.05) is 26.5 Å². The van der Waals surface area contributed by atoms with E-state index in [-0.39, 0.29) is 0 Å². The molecule has 0 radical (unpaired) electrons. The average molecular weight is 140 g/mol. The van der Waals surface area contributed by atoms with E-state index in [1.807, 2.05) is 12.3 Å². The number of rotatable bonds is 3. The third kappa shape index (κ3) is 3.30. The maximum Gasteiger partial charge on any atom is 0.0223 e. The molecule has 0 rings (SSSR count). The van der Waals surface area contributed by atoms with Crippen LogP contribution in [0.1, 0.15) is 13.8 Å². The molecule has 2 nitrogen and oxygen atoms in total. The topological polar surface area (TPSA) is 29.3 Å². The van der Waals surface area contributed by atoms with E-state index in [0.29, 0.717) is 5.92 Å². The van der Waals surface area contributed by atoms with Crippen molar-refractivity contribution in [2.75, 3.05) is 7.05 Å². The fourth-order valence-corrected chi connectivity index (χ4v) is 0.673. The predicted octanol–water partition coefficient (Wildman–Crippen LogP) is 1.52. The monoisotopic (exact) mass is 140 g/mol. The van der Waals surface area contributed by atoms with E-state index in [2.05, 4.69) is 20.4 Å². The molecule has 58 valence electrons. The first-order valence-corrected chi connectivity index (χ1v) is 3.39. The molecular weight excluding hydrogens is 124 g/mol. The van der Waals surface area contributed by atoms with Crippen LogP contribution in [0.2, 0.25) is 0 Å². The summed E-state index contributed by atoms with van der Waals surface area (Å²) in [6.07, 6.45) is 3.70. The molecule has 0 aliphatic rings. The van der Waals surface area contributed by atoms with Crippen LogP contribution in [0, 0.1) is 5.92 Å². The van der Waals surface area contributed by atoms with Crippen LogP contribution >= 0.6 is 0 Å². The summed E-state index contributed by atoms with van der Waals surface area (Å²) in [5, 5.41) is 1.54. The van der Waals surface area contributed by atoms with Gasteiger partial charge in [-0.2, -0.15) is 0 Å². The van der Waals surface area contributed by atoms with Crippen molar-refractivity contribution in [1.29, 1.82) is 0 Å². The molecule has 0 unspecified atom stereocenters. The number of nitrogens with zero attached hydrogens (tertiary/aromatic N) is 1. The average Bonchev–Trinajstić information content (AvgIpc) is 1.81. The van der Waals surface area contributed by atoms with Gasteiger partial charge in [-0.25, -0.2) is 5.84 Å². The van der Waals surface area contributed by atoms with Crippen LogP contribution in [-0.4, -0.2) is 12.1 Å². The standard InChI is InChI=1S/C8H16N2/c1-5-8(7(2)3)6-10(4)9/h5-7H,1,9H2,2-4H3/b8-6+. The van der Waals surface area contributed by atoms with E-state index in [0.717, 1.165) is 5.57 Å².